The number of anilines is 2. The number of thioether (sulfide) groups is 1. The summed E-state index contributed by atoms with van der Waals surface area (Å²) in [6, 6.07) is 5.93. The van der Waals surface area contributed by atoms with E-state index in [0.29, 0.717) is 19.7 Å². The van der Waals surface area contributed by atoms with Crippen LogP contribution >= 0.6 is 27.7 Å². The number of rotatable bonds is 15. The number of hydrogen-bond acceptors (Lipinski definition) is 8. The lowest BCUT2D eigenvalue weighted by Gasteiger charge is -2.35. The van der Waals surface area contributed by atoms with Gasteiger partial charge >= 0.3 is 10.2 Å². The lowest BCUT2D eigenvalue weighted by Crippen LogP contribution is -2.51. The number of nitrogens with one attached hydrogen (secondary N) is 1. The molecule has 1 atom stereocenters. The van der Waals surface area contributed by atoms with Crippen molar-refractivity contribution in [3.8, 4) is 0 Å². The van der Waals surface area contributed by atoms with E-state index in [4.69, 9.17) is 4.74 Å². The van der Waals surface area contributed by atoms with Crippen molar-refractivity contribution < 1.29 is 44.6 Å². The van der Waals surface area contributed by atoms with Gasteiger partial charge in [0.1, 0.15) is 12.5 Å². The van der Waals surface area contributed by atoms with Crippen LogP contribution in [0.1, 0.15) is 24.5 Å². The van der Waals surface area contributed by atoms with Crippen molar-refractivity contribution in [3.05, 3.63) is 76.4 Å². The predicted octanol–water partition coefficient (Wildman–Crippen LogP) is 7.05. The lowest BCUT2D eigenvalue weighted by atomic mass is 10.2. The third kappa shape index (κ3) is 11.5. The van der Waals surface area contributed by atoms with Gasteiger partial charge in [-0.3, -0.25) is 0 Å². The number of benzene rings is 2. The first kappa shape index (κ1) is 41.0. The molecular weight excluding hydrogens is 780 g/mol. The first-order valence-corrected chi connectivity index (χ1v) is 22.2. The molecule has 0 unspecified atom stereocenters. The highest BCUT2D eigenvalue weighted by Gasteiger charge is 2.35. The molecule has 4 rings (SSSR count). The summed E-state index contributed by atoms with van der Waals surface area (Å²) in [6.45, 7) is 8.94. The van der Waals surface area contributed by atoms with Gasteiger partial charge in [0.2, 0.25) is 0 Å². The van der Waals surface area contributed by atoms with Crippen LogP contribution in [-0.4, -0.2) is 74.9 Å². The van der Waals surface area contributed by atoms with E-state index in [1.165, 1.54) is 16.4 Å². The lowest BCUT2D eigenvalue weighted by molar-refractivity contribution is 0.154. The zero-order chi connectivity index (χ0) is 36.5. The number of alkyl halides is 1. The van der Waals surface area contributed by atoms with E-state index in [-0.39, 0.29) is 52.3 Å². The van der Waals surface area contributed by atoms with Crippen LogP contribution in [0.25, 0.3) is 0 Å². The fourth-order valence-corrected chi connectivity index (χ4v) is 7.45. The standard InChI is InChI=1S/C23H34F3N5O4S2Si.C7H4BrF3/c1-16(13-32)27-19-12-20(29-23(28-19)36-14-17-6-7-18(24)22(26)21(17)25)31(15-35-10-11-38(2,3)4)37(33,34)30-8-5-9-30;8-3-4-1-2-5(9)7(11)6(4)10/h6-7,12,16,32H,5,8-11,13-15H2,1-4H3,(H,27,28,29);1-2H,3H2/t16-;/m1./s1. The molecule has 0 aliphatic carbocycles. The Labute approximate surface area is 295 Å². The maximum Gasteiger partial charge on any atom is 0.307 e. The maximum atomic E-state index is 14.2. The van der Waals surface area contributed by atoms with Crippen molar-refractivity contribution in [1.29, 1.82) is 0 Å². The molecule has 2 heterocycles. The largest absolute Gasteiger partial charge is 0.394 e. The molecule has 0 spiro atoms. The second-order valence-electron chi connectivity index (χ2n) is 12.2. The number of halogens is 7. The average molecular weight is 819 g/mol. The van der Waals surface area contributed by atoms with Gasteiger partial charge in [0.15, 0.2) is 45.9 Å². The van der Waals surface area contributed by atoms with E-state index < -0.39 is 59.2 Å². The molecule has 3 aromatic rings. The Morgan fingerprint density at radius 3 is 2.12 bits per heavy atom. The highest BCUT2D eigenvalue weighted by atomic mass is 79.9. The molecule has 0 amide bonds. The van der Waals surface area contributed by atoms with Crippen molar-refractivity contribution in [2.75, 3.05) is 42.7 Å². The topological polar surface area (TPSA) is 108 Å². The molecule has 1 saturated heterocycles. The number of aliphatic hydroxyl groups is 1. The molecule has 0 radical (unpaired) electrons. The van der Waals surface area contributed by atoms with Gasteiger partial charge in [-0.2, -0.15) is 12.7 Å². The number of aromatic nitrogens is 2. The summed E-state index contributed by atoms with van der Waals surface area (Å²) >= 11 is 3.87. The molecule has 1 aromatic heterocycles. The average Bonchev–Trinajstić information content (AvgIpc) is 3.00. The number of hydrogen-bond donors (Lipinski definition) is 2. The molecular formula is C30H38BrF6N5O4S2Si. The molecule has 19 heteroatoms. The Kier molecular flexibility index (Phi) is 15.2. The molecule has 1 aliphatic rings. The van der Waals surface area contributed by atoms with Crippen LogP contribution in [-0.2, 0) is 26.0 Å². The number of nitrogens with zero attached hydrogens (tertiary/aromatic N) is 4. The second kappa shape index (κ2) is 18.2. The first-order valence-electron chi connectivity index (χ1n) is 15.0. The van der Waals surface area contributed by atoms with Crippen LogP contribution in [0.2, 0.25) is 25.7 Å². The fraction of sp³-hybridized carbons (Fsp3) is 0.467. The van der Waals surface area contributed by atoms with Crippen LogP contribution in [0.5, 0.6) is 0 Å². The first-order chi connectivity index (χ1) is 23.0. The molecule has 0 saturated carbocycles. The van der Waals surface area contributed by atoms with E-state index in [2.05, 4.69) is 50.9 Å². The third-order valence-corrected chi connectivity index (χ3v) is 12.0. The summed E-state index contributed by atoms with van der Waals surface area (Å²) in [7, 11) is -5.37. The van der Waals surface area contributed by atoms with Crippen LogP contribution in [0.4, 0.5) is 38.0 Å². The van der Waals surface area contributed by atoms with Gasteiger partial charge in [0.05, 0.1) is 6.61 Å². The smallest absolute Gasteiger partial charge is 0.307 e. The highest BCUT2D eigenvalue weighted by Crippen LogP contribution is 2.30. The van der Waals surface area contributed by atoms with E-state index in [0.717, 1.165) is 46.7 Å². The van der Waals surface area contributed by atoms with Crippen LogP contribution in [0, 0.1) is 34.9 Å². The van der Waals surface area contributed by atoms with Crippen molar-refractivity contribution in [2.24, 2.45) is 0 Å². The van der Waals surface area contributed by atoms with Gasteiger partial charge in [-0.15, -0.1) is 0 Å². The summed E-state index contributed by atoms with van der Waals surface area (Å²) in [5, 5.41) is 12.7. The minimum atomic E-state index is -3.96. The van der Waals surface area contributed by atoms with Crippen LogP contribution in [0.15, 0.2) is 35.5 Å². The molecule has 2 N–H and O–H groups in total. The van der Waals surface area contributed by atoms with Crippen molar-refractivity contribution in [1.82, 2.24) is 14.3 Å². The third-order valence-electron chi connectivity index (χ3n) is 6.97. The van der Waals surface area contributed by atoms with Gasteiger partial charge in [-0.05, 0) is 31.5 Å². The van der Waals surface area contributed by atoms with E-state index >= 15 is 0 Å². The fourth-order valence-electron chi connectivity index (χ4n) is 3.90. The number of aliphatic hydroxyl groups excluding tert-OH is 1. The molecule has 272 valence electrons. The summed E-state index contributed by atoms with van der Waals surface area (Å²) in [5.74, 6) is -7.74. The summed E-state index contributed by atoms with van der Waals surface area (Å²) in [4.78, 5) is 8.74. The summed E-state index contributed by atoms with van der Waals surface area (Å²) in [5.41, 5.74) is 0.0183. The molecule has 0 bridgehead atoms. The van der Waals surface area contributed by atoms with Crippen molar-refractivity contribution in [2.45, 2.75) is 61.3 Å². The molecule has 2 aromatic carbocycles. The van der Waals surface area contributed by atoms with Crippen LogP contribution in [0.3, 0.4) is 0 Å². The maximum absolute atomic E-state index is 14.2. The second-order valence-corrected chi connectivity index (χ2v) is 21.1. The molecule has 9 nitrogen and oxygen atoms in total. The Hall–Kier alpha value is -2.42. The Balaban J connectivity index is 0.000000501. The molecule has 49 heavy (non-hydrogen) atoms. The molecule has 1 aliphatic heterocycles. The Morgan fingerprint density at radius 2 is 1.59 bits per heavy atom. The van der Waals surface area contributed by atoms with Gasteiger partial charge in [0, 0.05) is 62.1 Å². The van der Waals surface area contributed by atoms with Gasteiger partial charge in [-0.1, -0.05) is 59.5 Å². The monoisotopic (exact) mass is 817 g/mol. The van der Waals surface area contributed by atoms with E-state index in [1.807, 2.05) is 0 Å². The summed E-state index contributed by atoms with van der Waals surface area (Å²) < 4.78 is 114. The van der Waals surface area contributed by atoms with Crippen molar-refractivity contribution >= 4 is 57.6 Å². The number of ether oxygens (including phenoxy) is 1. The zero-order valence-electron chi connectivity index (χ0n) is 27.3. The minimum absolute atomic E-state index is 0.0285. The van der Waals surface area contributed by atoms with Crippen LogP contribution < -0.4 is 9.62 Å². The highest BCUT2D eigenvalue weighted by molar-refractivity contribution is 9.08. The summed E-state index contributed by atoms with van der Waals surface area (Å²) in [6.07, 6.45) is 0.745. The predicted molar refractivity (Wildman–Crippen MR) is 184 cm³/mol. The van der Waals surface area contributed by atoms with E-state index in [9.17, 15) is 39.9 Å². The van der Waals surface area contributed by atoms with E-state index in [1.54, 1.807) is 6.92 Å². The van der Waals surface area contributed by atoms with Gasteiger partial charge in [0.25, 0.3) is 0 Å². The Bertz CT molecular complexity index is 1690. The zero-order valence-corrected chi connectivity index (χ0v) is 31.5. The van der Waals surface area contributed by atoms with Gasteiger partial charge in [-0.25, -0.2) is 40.6 Å². The Morgan fingerprint density at radius 1 is 1.00 bits per heavy atom. The van der Waals surface area contributed by atoms with Crippen molar-refractivity contribution in [3.63, 3.8) is 0 Å². The van der Waals surface area contributed by atoms with Gasteiger partial charge < -0.3 is 15.2 Å². The quantitative estimate of drug-likeness (QED) is 0.0246. The minimum Gasteiger partial charge on any atom is -0.394 e. The SMILES string of the molecule is C[C@H](CO)Nc1cc(N(COCC[Si](C)(C)C)S(=O)(=O)N2CCC2)nc(SCc2ccc(F)c(F)c2F)n1.Fc1ccc(CBr)c(F)c1F. The molecule has 1 fully saturated rings. The normalized spacial score (nSPS) is 14.1.